The van der Waals surface area contributed by atoms with Crippen LogP contribution >= 0.6 is 11.6 Å². The van der Waals surface area contributed by atoms with E-state index in [1.807, 2.05) is 6.07 Å². The fourth-order valence-corrected chi connectivity index (χ4v) is 4.22. The van der Waals surface area contributed by atoms with Crippen molar-refractivity contribution in [3.05, 3.63) is 69.4 Å². The van der Waals surface area contributed by atoms with Gasteiger partial charge in [-0.1, -0.05) is 11.6 Å². The first kappa shape index (κ1) is 20.8. The molecule has 0 saturated carbocycles. The second-order valence-electron chi connectivity index (χ2n) is 7.83. The molecule has 30 heavy (non-hydrogen) atoms. The van der Waals surface area contributed by atoms with Crippen LogP contribution in [0.5, 0.6) is 5.75 Å². The van der Waals surface area contributed by atoms with Gasteiger partial charge in [-0.15, -0.1) is 0 Å². The maximum absolute atomic E-state index is 12.9. The molecule has 2 aromatic carbocycles. The molecule has 5 nitrogen and oxygen atoms in total. The molecule has 1 fully saturated rings. The first-order valence-corrected chi connectivity index (χ1v) is 10.7. The molecule has 0 radical (unpaired) electrons. The second-order valence-corrected chi connectivity index (χ2v) is 8.27. The van der Waals surface area contributed by atoms with Gasteiger partial charge in [0.05, 0.1) is 17.7 Å². The quantitative estimate of drug-likeness (QED) is 0.564. The fourth-order valence-electron chi connectivity index (χ4n) is 4.04. The third-order valence-electron chi connectivity index (χ3n) is 5.72. The molecule has 1 aliphatic rings. The van der Waals surface area contributed by atoms with E-state index in [0.29, 0.717) is 28.7 Å². The monoisotopic (exact) mass is 429 g/mol. The number of nitrogens with zero attached hydrogens (tertiary/aromatic N) is 2. The van der Waals surface area contributed by atoms with E-state index in [9.17, 15) is 9.18 Å². The Morgan fingerprint density at radius 3 is 2.67 bits per heavy atom. The topological polar surface area (TPSA) is 58.2 Å². The molecule has 0 unspecified atom stereocenters. The molecule has 7 heteroatoms. The van der Waals surface area contributed by atoms with Crippen LogP contribution in [0.3, 0.4) is 0 Å². The Labute approximate surface area is 179 Å². The number of fused-ring (bicyclic) bond motifs is 1. The largest absolute Gasteiger partial charge is 0.494 e. The van der Waals surface area contributed by atoms with E-state index in [-0.39, 0.29) is 11.4 Å². The zero-order valence-corrected chi connectivity index (χ0v) is 17.5. The Kier molecular flexibility index (Phi) is 6.65. The molecule has 0 bridgehead atoms. The summed E-state index contributed by atoms with van der Waals surface area (Å²) in [6.07, 6.45) is 3.98. The van der Waals surface area contributed by atoms with Crippen molar-refractivity contribution in [3.8, 4) is 5.75 Å². The van der Waals surface area contributed by atoms with Crippen LogP contribution in [0.4, 0.5) is 4.39 Å². The lowest BCUT2D eigenvalue weighted by Gasteiger charge is -2.31. The Morgan fingerprint density at radius 1 is 1.13 bits per heavy atom. The van der Waals surface area contributed by atoms with Crippen LogP contribution in [0.25, 0.3) is 10.8 Å². The maximum Gasteiger partial charge on any atom is 0.272 e. The molecule has 1 aliphatic heterocycles. The molecule has 4 rings (SSSR count). The van der Waals surface area contributed by atoms with E-state index in [2.05, 4.69) is 15.1 Å². The minimum absolute atomic E-state index is 0.178. The zero-order valence-electron chi connectivity index (χ0n) is 16.7. The molecule has 1 N–H and O–H groups in total. The fraction of sp³-hybridized carbons (Fsp3) is 0.391. The van der Waals surface area contributed by atoms with Crippen molar-refractivity contribution in [3.63, 3.8) is 0 Å². The van der Waals surface area contributed by atoms with E-state index in [0.717, 1.165) is 56.4 Å². The van der Waals surface area contributed by atoms with Crippen molar-refractivity contribution >= 4 is 22.4 Å². The number of ether oxygens (including phenoxy) is 1. The number of hydrogen-bond donors (Lipinski definition) is 1. The Balaban J connectivity index is 1.25. The van der Waals surface area contributed by atoms with Crippen LogP contribution in [0.15, 0.2) is 47.3 Å². The summed E-state index contributed by atoms with van der Waals surface area (Å²) in [4.78, 5) is 14.5. The third-order valence-corrected chi connectivity index (χ3v) is 5.95. The summed E-state index contributed by atoms with van der Waals surface area (Å²) in [5.41, 5.74) is 0.737. The van der Waals surface area contributed by atoms with Crippen LogP contribution < -0.4 is 10.3 Å². The molecule has 158 valence electrons. The summed E-state index contributed by atoms with van der Waals surface area (Å²) in [6.45, 7) is 3.70. The number of halogens is 2. The summed E-state index contributed by atoms with van der Waals surface area (Å²) >= 11 is 6.14. The third kappa shape index (κ3) is 5.18. The van der Waals surface area contributed by atoms with Crippen LogP contribution in [-0.4, -0.2) is 41.3 Å². The van der Waals surface area contributed by atoms with Gasteiger partial charge < -0.3 is 9.64 Å². The van der Waals surface area contributed by atoms with Crippen molar-refractivity contribution < 1.29 is 9.13 Å². The van der Waals surface area contributed by atoms with Gasteiger partial charge in [0, 0.05) is 17.0 Å². The Morgan fingerprint density at radius 2 is 1.90 bits per heavy atom. The highest BCUT2D eigenvalue weighted by atomic mass is 35.5. The van der Waals surface area contributed by atoms with Gasteiger partial charge in [-0.2, -0.15) is 5.10 Å². The normalized spacial score (nSPS) is 15.5. The first-order valence-electron chi connectivity index (χ1n) is 10.4. The van der Waals surface area contributed by atoms with Gasteiger partial charge in [-0.05, 0) is 87.2 Å². The SMILES string of the molecule is O=c1[nH]nc(CC2CCN(CCCOc3ccc(F)cc3)CC2)c2cc(Cl)ccc12. The molecule has 2 heterocycles. The van der Waals surface area contributed by atoms with Crippen LogP contribution in [-0.2, 0) is 6.42 Å². The first-order chi connectivity index (χ1) is 14.6. The predicted octanol–water partition coefficient (Wildman–Crippen LogP) is 4.44. The highest BCUT2D eigenvalue weighted by Crippen LogP contribution is 2.25. The lowest BCUT2D eigenvalue weighted by atomic mass is 9.91. The summed E-state index contributed by atoms with van der Waals surface area (Å²) in [5, 5.41) is 9.04. The van der Waals surface area contributed by atoms with Gasteiger partial charge in [-0.25, -0.2) is 9.49 Å². The number of aromatic nitrogens is 2. The van der Waals surface area contributed by atoms with E-state index >= 15 is 0 Å². The number of benzene rings is 2. The molecule has 0 amide bonds. The Hall–Kier alpha value is -2.44. The van der Waals surface area contributed by atoms with Gasteiger partial charge in [0.1, 0.15) is 11.6 Å². The predicted molar refractivity (Wildman–Crippen MR) is 117 cm³/mol. The van der Waals surface area contributed by atoms with Crippen molar-refractivity contribution in [2.45, 2.75) is 25.7 Å². The van der Waals surface area contributed by atoms with Gasteiger partial charge in [0.25, 0.3) is 5.56 Å². The van der Waals surface area contributed by atoms with Crippen LogP contribution in [0, 0.1) is 11.7 Å². The average Bonchev–Trinajstić information content (AvgIpc) is 2.75. The van der Waals surface area contributed by atoms with Gasteiger partial charge in [0.2, 0.25) is 0 Å². The lowest BCUT2D eigenvalue weighted by molar-refractivity contribution is 0.170. The molecular formula is C23H25ClFN3O2. The smallest absolute Gasteiger partial charge is 0.272 e. The molecule has 3 aromatic rings. The number of likely N-dealkylation sites (tertiary alicyclic amines) is 1. The summed E-state index contributed by atoms with van der Waals surface area (Å²) < 4.78 is 18.6. The summed E-state index contributed by atoms with van der Waals surface area (Å²) in [5.74, 6) is 0.992. The second kappa shape index (κ2) is 9.58. The number of hydrogen-bond acceptors (Lipinski definition) is 4. The number of piperidine rings is 1. The minimum Gasteiger partial charge on any atom is -0.494 e. The average molecular weight is 430 g/mol. The van der Waals surface area contributed by atoms with Gasteiger partial charge in [0.15, 0.2) is 0 Å². The van der Waals surface area contributed by atoms with E-state index in [1.165, 1.54) is 12.1 Å². The van der Waals surface area contributed by atoms with Crippen molar-refractivity contribution in [2.75, 3.05) is 26.2 Å². The summed E-state index contributed by atoms with van der Waals surface area (Å²) in [7, 11) is 0. The highest BCUT2D eigenvalue weighted by Gasteiger charge is 2.21. The van der Waals surface area contributed by atoms with Crippen LogP contribution in [0.2, 0.25) is 5.02 Å². The Bertz CT molecular complexity index is 1050. The molecular weight excluding hydrogens is 405 g/mol. The zero-order chi connectivity index (χ0) is 20.9. The number of rotatable bonds is 7. The maximum atomic E-state index is 12.9. The van der Waals surface area contributed by atoms with E-state index < -0.39 is 0 Å². The van der Waals surface area contributed by atoms with Crippen molar-refractivity contribution in [1.82, 2.24) is 15.1 Å². The van der Waals surface area contributed by atoms with Crippen molar-refractivity contribution in [1.29, 1.82) is 0 Å². The van der Waals surface area contributed by atoms with Gasteiger partial charge in [-0.3, -0.25) is 4.79 Å². The standard InChI is InChI=1S/C23H25ClFN3O2/c24-17-2-7-20-21(15-17)22(26-27-23(20)29)14-16-8-11-28(12-9-16)10-1-13-30-19-5-3-18(25)4-6-19/h2-7,15-16H,1,8-14H2,(H,27,29). The number of aromatic amines is 1. The van der Waals surface area contributed by atoms with Crippen molar-refractivity contribution in [2.24, 2.45) is 5.92 Å². The van der Waals surface area contributed by atoms with Crippen LogP contribution in [0.1, 0.15) is 25.0 Å². The highest BCUT2D eigenvalue weighted by molar-refractivity contribution is 6.31. The molecule has 0 spiro atoms. The molecule has 0 aliphatic carbocycles. The minimum atomic E-state index is -0.252. The number of nitrogens with one attached hydrogen (secondary N) is 1. The van der Waals surface area contributed by atoms with E-state index in [1.54, 1.807) is 24.3 Å². The molecule has 1 aromatic heterocycles. The molecule has 0 atom stereocenters. The van der Waals surface area contributed by atoms with E-state index in [4.69, 9.17) is 16.3 Å². The van der Waals surface area contributed by atoms with Gasteiger partial charge >= 0.3 is 0 Å². The summed E-state index contributed by atoms with van der Waals surface area (Å²) in [6, 6.07) is 11.5. The lowest BCUT2D eigenvalue weighted by Crippen LogP contribution is -2.35. The number of H-pyrrole nitrogens is 1. The molecule has 1 saturated heterocycles.